The highest BCUT2D eigenvalue weighted by atomic mass is 16.3. The van der Waals surface area contributed by atoms with Gasteiger partial charge >= 0.3 is 0 Å². The molecule has 0 heterocycles. The van der Waals surface area contributed by atoms with Crippen LogP contribution in [-0.4, -0.2) is 17.1 Å². The van der Waals surface area contributed by atoms with Gasteiger partial charge in [-0.2, -0.15) is 0 Å². The Balaban J connectivity index is 1.54. The van der Waals surface area contributed by atoms with Gasteiger partial charge in [0.15, 0.2) is 0 Å². The number of aliphatic hydroxyl groups is 1. The summed E-state index contributed by atoms with van der Waals surface area (Å²) in [7, 11) is 0. The van der Waals surface area contributed by atoms with E-state index in [1.54, 1.807) is 0 Å². The second kappa shape index (κ2) is 10.0. The molecule has 0 aliphatic heterocycles. The molecule has 0 aliphatic carbocycles. The minimum atomic E-state index is -0.700. The average Bonchev–Trinajstić information content (AvgIpc) is 2.78. The molecule has 0 fully saturated rings. The third-order valence-electron chi connectivity index (χ3n) is 5.23. The molecular formula is C25H28N2O2. The van der Waals surface area contributed by atoms with Gasteiger partial charge in [0, 0.05) is 18.2 Å². The Morgan fingerprint density at radius 3 is 2.10 bits per heavy atom. The van der Waals surface area contributed by atoms with E-state index in [9.17, 15) is 9.90 Å². The first-order chi connectivity index (χ1) is 14.0. The zero-order valence-corrected chi connectivity index (χ0v) is 16.7. The number of amides is 1. The molecule has 0 radical (unpaired) electrons. The van der Waals surface area contributed by atoms with E-state index in [0.29, 0.717) is 12.1 Å². The molecule has 0 spiro atoms. The van der Waals surface area contributed by atoms with Crippen molar-refractivity contribution in [2.24, 2.45) is 11.7 Å². The summed E-state index contributed by atoms with van der Waals surface area (Å²) in [6, 6.07) is 26.5. The molecule has 0 aliphatic rings. The van der Waals surface area contributed by atoms with Gasteiger partial charge in [0.1, 0.15) is 0 Å². The molecule has 3 aromatic carbocycles. The third kappa shape index (κ3) is 5.76. The van der Waals surface area contributed by atoms with Crippen LogP contribution in [0.25, 0.3) is 0 Å². The number of hydrogen-bond donors (Lipinski definition) is 3. The van der Waals surface area contributed by atoms with Crippen molar-refractivity contribution in [2.75, 3.05) is 0 Å². The Labute approximate surface area is 172 Å². The predicted molar refractivity (Wildman–Crippen MR) is 116 cm³/mol. The Kier molecular flexibility index (Phi) is 7.17. The van der Waals surface area contributed by atoms with Crippen LogP contribution in [0.3, 0.4) is 0 Å². The Hall–Kier alpha value is -2.95. The minimum absolute atomic E-state index is 0.0861. The minimum Gasteiger partial charge on any atom is -0.387 e. The molecule has 0 bridgehead atoms. The molecule has 0 saturated heterocycles. The van der Waals surface area contributed by atoms with Crippen molar-refractivity contribution in [3.63, 3.8) is 0 Å². The van der Waals surface area contributed by atoms with Crippen molar-refractivity contribution in [3.05, 3.63) is 107 Å². The van der Waals surface area contributed by atoms with Gasteiger partial charge in [0.2, 0.25) is 0 Å². The fourth-order valence-corrected chi connectivity index (χ4v) is 3.36. The molecular weight excluding hydrogens is 360 g/mol. The first-order valence-electron chi connectivity index (χ1n) is 9.94. The summed E-state index contributed by atoms with van der Waals surface area (Å²) in [6.07, 6.45) is 0.0333. The summed E-state index contributed by atoms with van der Waals surface area (Å²) < 4.78 is 0. The Morgan fingerprint density at radius 1 is 0.897 bits per heavy atom. The summed E-state index contributed by atoms with van der Waals surface area (Å²) in [6.45, 7) is 2.54. The second-order valence-electron chi connectivity index (χ2n) is 7.48. The molecule has 1 amide bonds. The maximum atomic E-state index is 12.3. The van der Waals surface area contributed by atoms with Gasteiger partial charge in [-0.3, -0.25) is 4.79 Å². The normalized spacial score (nSPS) is 14.0. The van der Waals surface area contributed by atoms with Crippen molar-refractivity contribution in [3.8, 4) is 0 Å². The summed E-state index contributed by atoms with van der Waals surface area (Å²) in [5.41, 5.74) is 9.92. The molecule has 3 atom stereocenters. The van der Waals surface area contributed by atoms with Crippen LogP contribution in [0.1, 0.15) is 40.1 Å². The van der Waals surface area contributed by atoms with E-state index in [0.717, 1.165) is 23.1 Å². The third-order valence-corrected chi connectivity index (χ3v) is 5.23. The van der Waals surface area contributed by atoms with E-state index >= 15 is 0 Å². The molecule has 29 heavy (non-hydrogen) atoms. The van der Waals surface area contributed by atoms with Crippen molar-refractivity contribution in [1.29, 1.82) is 0 Å². The van der Waals surface area contributed by atoms with Gasteiger partial charge < -0.3 is 16.2 Å². The van der Waals surface area contributed by atoms with Crippen LogP contribution in [0.4, 0.5) is 0 Å². The van der Waals surface area contributed by atoms with Crippen LogP contribution >= 0.6 is 0 Å². The number of hydrogen-bond acceptors (Lipinski definition) is 3. The maximum Gasteiger partial charge on any atom is 0.251 e. The number of rotatable bonds is 8. The molecule has 4 N–H and O–H groups in total. The number of benzene rings is 3. The highest BCUT2D eigenvalue weighted by Gasteiger charge is 2.23. The van der Waals surface area contributed by atoms with Gasteiger partial charge in [0.25, 0.3) is 5.91 Å². The number of aliphatic hydroxyl groups excluding tert-OH is 1. The van der Waals surface area contributed by atoms with Crippen molar-refractivity contribution in [2.45, 2.75) is 32.0 Å². The largest absolute Gasteiger partial charge is 0.387 e. The Morgan fingerprint density at radius 2 is 1.48 bits per heavy atom. The highest BCUT2D eigenvalue weighted by molar-refractivity contribution is 5.94. The highest BCUT2D eigenvalue weighted by Crippen LogP contribution is 2.23. The van der Waals surface area contributed by atoms with E-state index in [1.807, 2.05) is 91.9 Å². The number of carbonyl (C=O) groups is 1. The van der Waals surface area contributed by atoms with Crippen molar-refractivity contribution < 1.29 is 9.90 Å². The lowest BCUT2D eigenvalue weighted by molar-refractivity contribution is 0.0951. The van der Waals surface area contributed by atoms with Gasteiger partial charge in [-0.1, -0.05) is 79.7 Å². The fourth-order valence-electron chi connectivity index (χ4n) is 3.36. The lowest BCUT2D eigenvalue weighted by atomic mass is 9.88. The quantitative estimate of drug-likeness (QED) is 0.549. The summed E-state index contributed by atoms with van der Waals surface area (Å²) in [5.74, 6) is -0.00684. The lowest BCUT2D eigenvalue weighted by Gasteiger charge is -2.25. The average molecular weight is 389 g/mol. The smallest absolute Gasteiger partial charge is 0.251 e. The summed E-state index contributed by atoms with van der Waals surface area (Å²) in [4.78, 5) is 12.3. The van der Waals surface area contributed by atoms with Crippen LogP contribution < -0.4 is 11.1 Å². The molecule has 0 aromatic heterocycles. The predicted octanol–water partition coefficient (Wildman–Crippen LogP) is 3.86. The van der Waals surface area contributed by atoms with Gasteiger partial charge in [-0.25, -0.2) is 0 Å². The number of carbonyl (C=O) groups excluding carboxylic acids is 1. The Bertz CT molecular complexity index is 895. The molecule has 3 aromatic rings. The van der Waals surface area contributed by atoms with Crippen molar-refractivity contribution >= 4 is 5.91 Å². The summed E-state index contributed by atoms with van der Waals surface area (Å²) in [5, 5.41) is 13.5. The fraction of sp³-hybridized carbons (Fsp3) is 0.240. The zero-order valence-electron chi connectivity index (χ0n) is 16.7. The maximum absolute atomic E-state index is 12.3. The SMILES string of the molecule is CC(Cc1ccc(C(=O)NCc2ccccc2)cc1)C(N)C(O)c1ccccc1. The standard InChI is InChI=1S/C25H28N2O2/c1-18(23(26)24(28)21-10-6-3-7-11-21)16-19-12-14-22(15-13-19)25(29)27-17-20-8-4-2-5-9-20/h2-15,18,23-24,28H,16-17,26H2,1H3,(H,27,29). The first kappa shape index (κ1) is 20.8. The zero-order chi connectivity index (χ0) is 20.6. The summed E-state index contributed by atoms with van der Waals surface area (Å²) >= 11 is 0. The molecule has 150 valence electrons. The van der Waals surface area contributed by atoms with Crippen LogP contribution in [0, 0.1) is 5.92 Å². The topological polar surface area (TPSA) is 75.4 Å². The van der Waals surface area contributed by atoms with Gasteiger partial charge in [-0.05, 0) is 41.2 Å². The van der Waals surface area contributed by atoms with Crippen LogP contribution in [0.2, 0.25) is 0 Å². The van der Waals surface area contributed by atoms with E-state index in [4.69, 9.17) is 5.73 Å². The van der Waals surface area contributed by atoms with Crippen LogP contribution in [0.15, 0.2) is 84.9 Å². The van der Waals surface area contributed by atoms with Crippen LogP contribution in [0.5, 0.6) is 0 Å². The monoisotopic (exact) mass is 388 g/mol. The van der Waals surface area contributed by atoms with Gasteiger partial charge in [0.05, 0.1) is 6.10 Å². The molecule has 4 nitrogen and oxygen atoms in total. The molecule has 3 unspecified atom stereocenters. The number of nitrogens with one attached hydrogen (secondary N) is 1. The first-order valence-corrected chi connectivity index (χ1v) is 9.94. The van der Waals surface area contributed by atoms with E-state index in [-0.39, 0.29) is 17.9 Å². The van der Waals surface area contributed by atoms with E-state index < -0.39 is 6.10 Å². The lowest BCUT2D eigenvalue weighted by Crippen LogP contribution is -2.36. The number of nitrogens with two attached hydrogens (primary N) is 1. The van der Waals surface area contributed by atoms with Crippen molar-refractivity contribution in [1.82, 2.24) is 5.32 Å². The van der Waals surface area contributed by atoms with Crippen LogP contribution in [-0.2, 0) is 13.0 Å². The molecule has 4 heteroatoms. The molecule has 3 rings (SSSR count). The van der Waals surface area contributed by atoms with Gasteiger partial charge in [-0.15, -0.1) is 0 Å². The van der Waals surface area contributed by atoms with E-state index in [1.165, 1.54) is 0 Å². The molecule has 0 saturated carbocycles. The van der Waals surface area contributed by atoms with E-state index in [2.05, 4.69) is 5.32 Å². The second-order valence-corrected chi connectivity index (χ2v) is 7.48.